The molecule has 2 saturated heterocycles. The smallest absolute Gasteiger partial charge is 0.294 e. The van der Waals surface area contributed by atoms with E-state index in [2.05, 4.69) is 10.8 Å². The number of thioether (sulfide) groups is 1. The minimum absolute atomic E-state index is 0.0147. The van der Waals surface area contributed by atoms with Crippen molar-refractivity contribution in [2.24, 2.45) is 0 Å². The van der Waals surface area contributed by atoms with Gasteiger partial charge in [0.05, 0.1) is 24.7 Å². The fraction of sp³-hybridized carbons (Fsp3) is 0.333. The Bertz CT molecular complexity index is 667. The predicted molar refractivity (Wildman–Crippen MR) is 83.3 cm³/mol. The summed E-state index contributed by atoms with van der Waals surface area (Å²) in [6.07, 6.45) is 6.73. The van der Waals surface area contributed by atoms with Crippen molar-refractivity contribution in [2.45, 2.75) is 0 Å². The summed E-state index contributed by atoms with van der Waals surface area (Å²) in [4.78, 5) is 27.2. The van der Waals surface area contributed by atoms with Crippen LogP contribution in [-0.2, 0) is 9.53 Å². The number of ether oxygens (including phenoxy) is 1. The third-order valence-electron chi connectivity index (χ3n) is 3.33. The second kappa shape index (κ2) is 6.30. The second-order valence-corrected chi connectivity index (χ2v) is 5.74. The Kier molecular flexibility index (Phi) is 4.22. The summed E-state index contributed by atoms with van der Waals surface area (Å²) in [6.45, 7) is 2.86. The summed E-state index contributed by atoms with van der Waals surface area (Å²) >= 11 is 0.871. The first kappa shape index (κ1) is 14.8. The number of nitrogens with zero attached hydrogens (tertiary/aromatic N) is 2. The van der Waals surface area contributed by atoms with Gasteiger partial charge in [-0.2, -0.15) is 0 Å². The Labute approximate surface area is 132 Å². The van der Waals surface area contributed by atoms with Gasteiger partial charge in [0.25, 0.3) is 11.1 Å². The van der Waals surface area contributed by atoms with Gasteiger partial charge in [0.2, 0.25) is 0 Å². The first-order chi connectivity index (χ1) is 10.7. The molecule has 1 aromatic rings. The first-order valence-corrected chi connectivity index (χ1v) is 7.62. The molecular formula is C15H14N2O4S. The largest absolute Gasteiger partial charge is 0.441 e. The first-order valence-electron chi connectivity index (χ1n) is 6.80. The van der Waals surface area contributed by atoms with Crippen LogP contribution in [0, 0.1) is 12.3 Å². The number of hydrogen-bond acceptors (Lipinski definition) is 6. The molecule has 22 heavy (non-hydrogen) atoms. The van der Waals surface area contributed by atoms with E-state index in [-0.39, 0.29) is 17.7 Å². The maximum Gasteiger partial charge on any atom is 0.294 e. The molecule has 3 heterocycles. The molecule has 2 fully saturated rings. The van der Waals surface area contributed by atoms with Crippen LogP contribution in [0.15, 0.2) is 21.5 Å². The van der Waals surface area contributed by atoms with E-state index in [1.807, 2.05) is 6.07 Å². The van der Waals surface area contributed by atoms with Crippen molar-refractivity contribution in [3.8, 4) is 12.3 Å². The highest BCUT2D eigenvalue weighted by atomic mass is 32.2. The average molecular weight is 318 g/mol. The number of amides is 2. The SMILES string of the molecule is C#CCN1C(=O)SC(=Cc2ccc(N3CCOCC3)o2)C1=O. The van der Waals surface area contributed by atoms with Gasteiger partial charge in [-0.3, -0.25) is 14.5 Å². The molecule has 0 aromatic carbocycles. The number of furan rings is 1. The zero-order chi connectivity index (χ0) is 15.5. The predicted octanol–water partition coefficient (Wildman–Crippen LogP) is 1.79. The van der Waals surface area contributed by atoms with Gasteiger partial charge in [0, 0.05) is 25.2 Å². The van der Waals surface area contributed by atoms with Gasteiger partial charge in [-0.1, -0.05) is 5.92 Å². The van der Waals surface area contributed by atoms with Crippen molar-refractivity contribution in [2.75, 3.05) is 37.7 Å². The minimum Gasteiger partial charge on any atom is -0.441 e. The normalized spacial score (nSPS) is 20.8. The fourth-order valence-corrected chi connectivity index (χ4v) is 3.05. The molecule has 3 rings (SSSR count). The van der Waals surface area contributed by atoms with E-state index in [1.165, 1.54) is 0 Å². The highest BCUT2D eigenvalue weighted by molar-refractivity contribution is 8.18. The van der Waals surface area contributed by atoms with Gasteiger partial charge >= 0.3 is 0 Å². The van der Waals surface area contributed by atoms with Crippen LogP contribution in [0.3, 0.4) is 0 Å². The zero-order valence-electron chi connectivity index (χ0n) is 11.8. The summed E-state index contributed by atoms with van der Waals surface area (Å²) in [5.74, 6) is 3.19. The Morgan fingerprint density at radius 3 is 2.82 bits per heavy atom. The lowest BCUT2D eigenvalue weighted by molar-refractivity contribution is -0.122. The molecule has 2 aliphatic heterocycles. The molecule has 0 bridgehead atoms. The van der Waals surface area contributed by atoms with Crippen LogP contribution < -0.4 is 4.90 Å². The van der Waals surface area contributed by atoms with E-state index < -0.39 is 0 Å². The quantitative estimate of drug-likeness (QED) is 0.625. The molecule has 1 aromatic heterocycles. The van der Waals surface area contributed by atoms with Gasteiger partial charge < -0.3 is 14.1 Å². The van der Waals surface area contributed by atoms with Crippen molar-refractivity contribution in [3.05, 3.63) is 22.8 Å². The molecule has 0 spiro atoms. The van der Waals surface area contributed by atoms with Gasteiger partial charge in [-0.05, 0) is 17.8 Å². The monoisotopic (exact) mass is 318 g/mol. The number of carbonyl (C=O) groups excluding carboxylic acids is 2. The topological polar surface area (TPSA) is 63.0 Å². The molecule has 2 amide bonds. The summed E-state index contributed by atoms with van der Waals surface area (Å²) in [5, 5.41) is -0.353. The van der Waals surface area contributed by atoms with Gasteiger partial charge in [-0.15, -0.1) is 6.42 Å². The third-order valence-corrected chi connectivity index (χ3v) is 4.24. The van der Waals surface area contributed by atoms with E-state index >= 15 is 0 Å². The summed E-state index contributed by atoms with van der Waals surface area (Å²) in [5.41, 5.74) is 0. The van der Waals surface area contributed by atoms with Crippen molar-refractivity contribution >= 4 is 34.9 Å². The van der Waals surface area contributed by atoms with Crippen molar-refractivity contribution in [1.82, 2.24) is 4.90 Å². The standard InChI is InChI=1S/C15H14N2O4S/c1-2-5-17-14(18)12(22-15(17)19)10-11-3-4-13(21-11)16-6-8-20-9-7-16/h1,3-4,10H,5-9H2. The summed E-state index contributed by atoms with van der Waals surface area (Å²) in [6, 6.07) is 3.63. The molecule has 6 nitrogen and oxygen atoms in total. The molecule has 0 aliphatic carbocycles. The highest BCUT2D eigenvalue weighted by Crippen LogP contribution is 2.32. The Hall–Kier alpha value is -2.17. The van der Waals surface area contributed by atoms with E-state index in [0.29, 0.717) is 23.9 Å². The van der Waals surface area contributed by atoms with E-state index in [1.54, 1.807) is 12.1 Å². The molecule has 0 saturated carbocycles. The number of anilines is 1. The lowest BCUT2D eigenvalue weighted by atomic mass is 10.3. The number of imide groups is 1. The van der Waals surface area contributed by atoms with Gasteiger partial charge in [0.15, 0.2) is 5.88 Å². The third kappa shape index (κ3) is 2.89. The number of carbonyl (C=O) groups is 2. The molecule has 114 valence electrons. The van der Waals surface area contributed by atoms with Crippen LogP contribution in [-0.4, -0.2) is 48.9 Å². The lowest BCUT2D eigenvalue weighted by Gasteiger charge is -2.26. The van der Waals surface area contributed by atoms with Gasteiger partial charge in [-0.25, -0.2) is 0 Å². The molecule has 7 heteroatoms. The maximum atomic E-state index is 12.1. The van der Waals surface area contributed by atoms with Crippen LogP contribution in [0.5, 0.6) is 0 Å². The summed E-state index contributed by atoms with van der Waals surface area (Å²) in [7, 11) is 0. The number of terminal acetylenes is 1. The van der Waals surface area contributed by atoms with E-state index in [9.17, 15) is 9.59 Å². The van der Waals surface area contributed by atoms with Crippen LogP contribution in [0.2, 0.25) is 0 Å². The zero-order valence-corrected chi connectivity index (χ0v) is 12.6. The molecule has 2 aliphatic rings. The van der Waals surface area contributed by atoms with Crippen LogP contribution in [0.25, 0.3) is 6.08 Å². The van der Waals surface area contributed by atoms with Crippen LogP contribution in [0.1, 0.15) is 5.76 Å². The van der Waals surface area contributed by atoms with Crippen molar-refractivity contribution in [1.29, 1.82) is 0 Å². The maximum absolute atomic E-state index is 12.1. The number of rotatable bonds is 3. The molecule has 0 N–H and O–H groups in total. The Balaban J connectivity index is 1.75. The summed E-state index contributed by atoms with van der Waals surface area (Å²) < 4.78 is 11.0. The molecule has 0 radical (unpaired) electrons. The van der Waals surface area contributed by atoms with Crippen molar-refractivity contribution in [3.63, 3.8) is 0 Å². The number of hydrogen-bond donors (Lipinski definition) is 0. The van der Waals surface area contributed by atoms with Gasteiger partial charge in [0.1, 0.15) is 5.76 Å². The lowest BCUT2D eigenvalue weighted by Crippen LogP contribution is -2.35. The minimum atomic E-state index is -0.378. The van der Waals surface area contributed by atoms with E-state index in [0.717, 1.165) is 35.6 Å². The Morgan fingerprint density at radius 1 is 1.32 bits per heavy atom. The fourth-order valence-electron chi connectivity index (χ4n) is 2.23. The van der Waals surface area contributed by atoms with Crippen LogP contribution in [0.4, 0.5) is 10.7 Å². The molecule has 0 atom stereocenters. The number of morpholine rings is 1. The Morgan fingerprint density at radius 2 is 2.09 bits per heavy atom. The van der Waals surface area contributed by atoms with Crippen molar-refractivity contribution < 1.29 is 18.7 Å². The molecule has 0 unspecified atom stereocenters. The molecular weight excluding hydrogens is 304 g/mol. The van der Waals surface area contributed by atoms with Crippen LogP contribution >= 0.6 is 11.8 Å². The highest BCUT2D eigenvalue weighted by Gasteiger charge is 2.34. The van der Waals surface area contributed by atoms with E-state index in [4.69, 9.17) is 15.6 Å². The average Bonchev–Trinajstić information content (AvgIpc) is 3.09. The second-order valence-electron chi connectivity index (χ2n) is 4.75.